The second-order valence-corrected chi connectivity index (χ2v) is 6.31. The van der Waals surface area contributed by atoms with E-state index in [-0.39, 0.29) is 23.7 Å². The van der Waals surface area contributed by atoms with Crippen LogP contribution in [0, 0.1) is 19.3 Å². The third-order valence-corrected chi connectivity index (χ3v) is 4.53. The number of azo groups is 1. The molecule has 2 aromatic carbocycles. The Morgan fingerprint density at radius 1 is 1.21 bits per heavy atom. The number of aromatic hydroxyl groups is 1. The van der Waals surface area contributed by atoms with E-state index in [4.69, 9.17) is 10.9 Å². The Morgan fingerprint density at radius 3 is 2.69 bits per heavy atom. The number of nitrogens with zero attached hydrogens (tertiary/aromatic N) is 4. The molecule has 1 N–H and O–H groups in total. The first kappa shape index (κ1) is 18.2. The molecule has 7 heteroatoms. The molecule has 0 saturated carbocycles. The van der Waals surface area contributed by atoms with E-state index in [1.807, 2.05) is 42.5 Å². The van der Waals surface area contributed by atoms with Crippen LogP contribution in [-0.2, 0) is 6.54 Å². The summed E-state index contributed by atoms with van der Waals surface area (Å²) in [6.07, 6.45) is 5.40. The van der Waals surface area contributed by atoms with Crippen molar-refractivity contribution in [2.24, 2.45) is 10.2 Å². The Labute approximate surface area is 166 Å². The predicted octanol–water partition coefficient (Wildman–Crippen LogP) is 4.87. The van der Waals surface area contributed by atoms with Gasteiger partial charge in [0.25, 0.3) is 0 Å². The van der Waals surface area contributed by atoms with Gasteiger partial charge in [-0.3, -0.25) is 9.36 Å². The van der Waals surface area contributed by atoms with Gasteiger partial charge < -0.3 is 9.63 Å². The number of benzene rings is 2. The highest BCUT2D eigenvalue weighted by Gasteiger charge is 2.22. The zero-order chi connectivity index (χ0) is 20.4. The summed E-state index contributed by atoms with van der Waals surface area (Å²) >= 11 is 0. The molecule has 0 radical (unpaired) electrons. The molecule has 2 heterocycles. The Bertz CT molecular complexity index is 1280. The molecule has 0 aliphatic rings. The van der Waals surface area contributed by atoms with Crippen molar-refractivity contribution in [1.82, 2.24) is 9.72 Å². The van der Waals surface area contributed by atoms with Gasteiger partial charge in [-0.25, -0.2) is 0 Å². The van der Waals surface area contributed by atoms with Crippen LogP contribution in [0.15, 0.2) is 69.3 Å². The van der Waals surface area contributed by atoms with Crippen molar-refractivity contribution in [3.63, 3.8) is 0 Å². The van der Waals surface area contributed by atoms with Crippen molar-refractivity contribution in [3.8, 4) is 29.5 Å². The molecule has 4 rings (SSSR count). The van der Waals surface area contributed by atoms with Crippen LogP contribution in [0.1, 0.15) is 16.1 Å². The summed E-state index contributed by atoms with van der Waals surface area (Å²) in [5.41, 5.74) is 2.24. The number of aryl methyl sites for hydroxylation is 1. The van der Waals surface area contributed by atoms with Crippen molar-refractivity contribution in [1.29, 1.82) is 0 Å². The van der Waals surface area contributed by atoms with Crippen LogP contribution in [-0.4, -0.2) is 20.7 Å². The summed E-state index contributed by atoms with van der Waals surface area (Å²) < 4.78 is 6.74. The SMILES string of the molecule is C#CCn1c(O)c(N=NC(=O)c2c(-c3ccccc3)noc2C)c2ccccc21. The number of hydrogen-bond acceptors (Lipinski definition) is 5. The fourth-order valence-corrected chi connectivity index (χ4v) is 3.18. The molecular weight excluding hydrogens is 368 g/mol. The third kappa shape index (κ3) is 3.17. The van der Waals surface area contributed by atoms with E-state index in [2.05, 4.69) is 21.3 Å². The van der Waals surface area contributed by atoms with E-state index < -0.39 is 5.91 Å². The van der Waals surface area contributed by atoms with E-state index in [0.717, 1.165) is 5.56 Å². The third-order valence-electron chi connectivity index (χ3n) is 4.53. The van der Waals surface area contributed by atoms with Gasteiger partial charge in [-0.15, -0.1) is 16.7 Å². The first-order valence-electron chi connectivity index (χ1n) is 8.83. The fourth-order valence-electron chi connectivity index (χ4n) is 3.18. The number of carbonyl (C=O) groups excluding carboxylic acids is 1. The molecule has 0 atom stereocenters. The van der Waals surface area contributed by atoms with Gasteiger partial charge in [0.05, 0.1) is 12.1 Å². The smallest absolute Gasteiger partial charge is 0.301 e. The molecule has 0 aliphatic heterocycles. The number of para-hydroxylation sites is 1. The van der Waals surface area contributed by atoms with E-state index in [1.54, 1.807) is 19.1 Å². The van der Waals surface area contributed by atoms with Crippen molar-refractivity contribution in [2.45, 2.75) is 13.5 Å². The molecule has 0 saturated heterocycles. The average molecular weight is 384 g/mol. The molecule has 0 unspecified atom stereocenters. The second kappa shape index (κ2) is 7.44. The van der Waals surface area contributed by atoms with Crippen LogP contribution in [0.4, 0.5) is 5.69 Å². The minimum atomic E-state index is -0.615. The van der Waals surface area contributed by atoms with E-state index >= 15 is 0 Å². The van der Waals surface area contributed by atoms with Crippen LogP contribution in [0.5, 0.6) is 5.88 Å². The maximum atomic E-state index is 12.8. The summed E-state index contributed by atoms with van der Waals surface area (Å²) in [4.78, 5) is 12.8. The topological polar surface area (TPSA) is 93.0 Å². The molecule has 29 heavy (non-hydrogen) atoms. The highest BCUT2D eigenvalue weighted by atomic mass is 16.5. The molecule has 0 bridgehead atoms. The Morgan fingerprint density at radius 2 is 1.93 bits per heavy atom. The quantitative estimate of drug-likeness (QED) is 0.401. The predicted molar refractivity (Wildman–Crippen MR) is 108 cm³/mol. The highest BCUT2D eigenvalue weighted by molar-refractivity contribution is 6.02. The molecule has 4 aromatic rings. The van der Waals surface area contributed by atoms with Crippen LogP contribution >= 0.6 is 0 Å². The molecule has 0 fully saturated rings. The molecule has 0 aliphatic carbocycles. The molecule has 2 aromatic heterocycles. The number of rotatable bonds is 4. The lowest BCUT2D eigenvalue weighted by atomic mass is 10.1. The zero-order valence-electron chi connectivity index (χ0n) is 15.5. The minimum absolute atomic E-state index is 0.147. The Hall–Kier alpha value is -4.18. The maximum absolute atomic E-state index is 12.8. The normalized spacial score (nSPS) is 11.2. The molecule has 0 spiro atoms. The van der Waals surface area contributed by atoms with Gasteiger partial charge in [0.2, 0.25) is 5.88 Å². The summed E-state index contributed by atoms with van der Waals surface area (Å²) in [5.74, 6) is 2.07. The van der Waals surface area contributed by atoms with Crippen LogP contribution in [0.25, 0.3) is 22.2 Å². The molecule has 1 amide bonds. The molecule has 142 valence electrons. The van der Waals surface area contributed by atoms with Gasteiger partial charge in [-0.2, -0.15) is 0 Å². The number of carbonyl (C=O) groups is 1. The number of fused-ring (bicyclic) bond motifs is 1. The standard InChI is InChI=1S/C22H16N4O3/c1-3-13-26-17-12-8-7-11-16(17)20(22(26)28)23-24-21(27)18-14(2)29-25-19(18)15-9-5-4-6-10-15/h1,4-12,28H,13H2,2H3. The first-order valence-corrected chi connectivity index (χ1v) is 8.83. The monoisotopic (exact) mass is 384 g/mol. The van der Waals surface area contributed by atoms with Gasteiger partial charge in [0.1, 0.15) is 17.0 Å². The molecular formula is C22H16N4O3. The van der Waals surface area contributed by atoms with Crippen molar-refractivity contribution in [2.75, 3.05) is 0 Å². The van der Waals surface area contributed by atoms with Crippen molar-refractivity contribution >= 4 is 22.5 Å². The summed E-state index contributed by atoms with van der Waals surface area (Å²) in [6, 6.07) is 16.4. The first-order chi connectivity index (χ1) is 14.1. The fraction of sp³-hybridized carbons (Fsp3) is 0.0909. The lowest BCUT2D eigenvalue weighted by Gasteiger charge is -2.00. The van der Waals surface area contributed by atoms with E-state index in [9.17, 15) is 9.90 Å². The summed E-state index contributed by atoms with van der Waals surface area (Å²) in [7, 11) is 0. The highest BCUT2D eigenvalue weighted by Crippen LogP contribution is 2.39. The van der Waals surface area contributed by atoms with Gasteiger partial charge in [-0.1, -0.05) is 59.6 Å². The van der Waals surface area contributed by atoms with E-state index in [1.165, 1.54) is 4.57 Å². The number of aromatic nitrogens is 2. The lowest BCUT2D eigenvalue weighted by molar-refractivity contribution is 0.0994. The van der Waals surface area contributed by atoms with Crippen LogP contribution < -0.4 is 0 Å². The number of terminal acetylenes is 1. The number of hydrogen-bond donors (Lipinski definition) is 1. The van der Waals surface area contributed by atoms with Crippen molar-refractivity contribution in [3.05, 3.63) is 65.9 Å². The number of amides is 1. The molecule has 7 nitrogen and oxygen atoms in total. The van der Waals surface area contributed by atoms with Crippen molar-refractivity contribution < 1.29 is 14.4 Å². The van der Waals surface area contributed by atoms with Gasteiger partial charge in [0.15, 0.2) is 5.69 Å². The summed E-state index contributed by atoms with van der Waals surface area (Å²) in [6.45, 7) is 1.80. The van der Waals surface area contributed by atoms with Crippen LogP contribution in [0.2, 0.25) is 0 Å². The minimum Gasteiger partial charge on any atom is -0.493 e. The Kier molecular flexibility index (Phi) is 4.67. The summed E-state index contributed by atoms with van der Waals surface area (Å²) in [5, 5.41) is 23.0. The second-order valence-electron chi connectivity index (χ2n) is 6.31. The van der Waals surface area contributed by atoms with Crippen LogP contribution in [0.3, 0.4) is 0 Å². The van der Waals surface area contributed by atoms with E-state index in [0.29, 0.717) is 22.4 Å². The van der Waals surface area contributed by atoms with Gasteiger partial charge in [0, 0.05) is 10.9 Å². The average Bonchev–Trinajstić information content (AvgIpc) is 3.25. The zero-order valence-corrected chi connectivity index (χ0v) is 15.5. The largest absolute Gasteiger partial charge is 0.493 e. The maximum Gasteiger partial charge on any atom is 0.301 e. The van der Waals surface area contributed by atoms with Gasteiger partial charge in [-0.05, 0) is 13.0 Å². The lowest BCUT2D eigenvalue weighted by Crippen LogP contribution is -1.97. The Balaban J connectivity index is 1.75. The van der Waals surface area contributed by atoms with Gasteiger partial charge >= 0.3 is 5.91 Å².